The molecule has 0 unspecified atom stereocenters. The summed E-state index contributed by atoms with van der Waals surface area (Å²) in [6.45, 7) is 13.3. The number of carbonyl (C=O) groups excluding carboxylic acids is 1. The number of allylic oxidation sites excluding steroid dienone is 2. The second-order valence-electron chi connectivity index (χ2n) is 8.22. The molecule has 0 atom stereocenters. The van der Waals surface area contributed by atoms with E-state index in [0.29, 0.717) is 0 Å². The first-order valence-corrected chi connectivity index (χ1v) is 11.6. The molecule has 1 heterocycles. The van der Waals surface area contributed by atoms with Crippen molar-refractivity contribution in [1.82, 2.24) is 5.32 Å². The van der Waals surface area contributed by atoms with Crippen LogP contribution in [0, 0.1) is 13.8 Å². The van der Waals surface area contributed by atoms with Gasteiger partial charge in [-0.2, -0.15) is 13.2 Å². The fourth-order valence-corrected chi connectivity index (χ4v) is 3.55. The number of guanidine groups is 1. The Bertz CT molecular complexity index is 1090. The molecular formula is C27H33F3N4O. The van der Waals surface area contributed by atoms with Crippen LogP contribution in [-0.4, -0.2) is 31.5 Å². The fraction of sp³-hybridized carbons (Fsp3) is 0.370. The number of alkyl halides is 3. The number of hydrogen-bond donors (Lipinski definition) is 2. The Balaban J connectivity index is 0.000000247. The molecule has 8 heteroatoms. The van der Waals surface area contributed by atoms with Gasteiger partial charge in [-0.3, -0.25) is 14.8 Å². The van der Waals surface area contributed by atoms with Gasteiger partial charge in [0.2, 0.25) is 5.78 Å². The number of hydrogen-bond acceptors (Lipinski definition) is 5. The van der Waals surface area contributed by atoms with Gasteiger partial charge in [-0.25, -0.2) is 0 Å². The van der Waals surface area contributed by atoms with Crippen LogP contribution in [0.5, 0.6) is 0 Å². The number of nitrogens with zero attached hydrogens (tertiary/aromatic N) is 2. The lowest BCUT2D eigenvalue weighted by molar-refractivity contribution is -0.137. The number of halogens is 3. The first-order valence-electron chi connectivity index (χ1n) is 11.6. The van der Waals surface area contributed by atoms with Crippen LogP contribution >= 0.6 is 0 Å². The number of rotatable bonds is 6. The Kier molecular flexibility index (Phi) is 10.2. The highest BCUT2D eigenvalue weighted by molar-refractivity contribution is 6.08. The minimum atomic E-state index is -4.40. The predicted octanol–water partition coefficient (Wildman–Crippen LogP) is 6.51. The second kappa shape index (κ2) is 12.9. The molecule has 2 aromatic rings. The highest BCUT2D eigenvalue weighted by Gasteiger charge is 2.30. The van der Waals surface area contributed by atoms with E-state index in [1.54, 1.807) is 6.92 Å². The van der Waals surface area contributed by atoms with E-state index in [2.05, 4.69) is 60.2 Å². The summed E-state index contributed by atoms with van der Waals surface area (Å²) in [6.07, 6.45) is 0.529. The first kappa shape index (κ1) is 27.8. The molecule has 188 valence electrons. The van der Waals surface area contributed by atoms with Gasteiger partial charge in [0.25, 0.3) is 0 Å². The van der Waals surface area contributed by atoms with E-state index >= 15 is 0 Å². The Morgan fingerprint density at radius 1 is 1.20 bits per heavy atom. The lowest BCUT2D eigenvalue weighted by atomic mass is 10.00. The normalized spacial score (nSPS) is 13.7. The molecule has 1 aliphatic heterocycles. The number of ketones is 1. The summed E-state index contributed by atoms with van der Waals surface area (Å²) in [5.41, 5.74) is 4.76. The number of benzene rings is 2. The Morgan fingerprint density at radius 3 is 2.40 bits per heavy atom. The first-order chi connectivity index (χ1) is 16.6. The molecule has 0 bridgehead atoms. The van der Waals surface area contributed by atoms with Crippen LogP contribution in [-0.2, 0) is 12.6 Å². The third-order valence-corrected chi connectivity index (χ3v) is 5.50. The van der Waals surface area contributed by atoms with E-state index in [4.69, 9.17) is 0 Å². The zero-order valence-corrected chi connectivity index (χ0v) is 20.7. The third-order valence-electron chi connectivity index (χ3n) is 5.50. The lowest BCUT2D eigenvalue weighted by Gasteiger charge is -2.18. The van der Waals surface area contributed by atoms with Gasteiger partial charge < -0.3 is 10.6 Å². The maximum atomic E-state index is 12.3. The number of anilines is 1. The Morgan fingerprint density at radius 2 is 1.89 bits per heavy atom. The average molecular weight is 487 g/mol. The second-order valence-corrected chi connectivity index (χ2v) is 8.22. The summed E-state index contributed by atoms with van der Waals surface area (Å²) >= 11 is 0. The molecule has 0 radical (unpaired) electrons. The summed E-state index contributed by atoms with van der Waals surface area (Å²) in [6, 6.07) is 8.51. The van der Waals surface area contributed by atoms with Crippen molar-refractivity contribution in [1.29, 1.82) is 0 Å². The smallest absolute Gasteiger partial charge is 0.356 e. The van der Waals surface area contributed by atoms with E-state index in [0.717, 1.165) is 56.2 Å². The van der Waals surface area contributed by atoms with Gasteiger partial charge in [0, 0.05) is 24.3 Å². The Labute approximate surface area is 205 Å². The quantitative estimate of drug-likeness (QED) is 0.278. The molecule has 0 saturated carbocycles. The van der Waals surface area contributed by atoms with Gasteiger partial charge in [-0.05, 0) is 75.2 Å². The van der Waals surface area contributed by atoms with Crippen LogP contribution in [0.2, 0.25) is 0 Å². The number of Topliss-reactive ketones (excluding diaryl/α,β-unsaturated/α-hetero) is 1. The van der Waals surface area contributed by atoms with Crippen LogP contribution in [0.15, 0.2) is 58.2 Å². The van der Waals surface area contributed by atoms with Crippen molar-refractivity contribution in [2.45, 2.75) is 53.1 Å². The fourth-order valence-electron chi connectivity index (χ4n) is 3.55. The van der Waals surface area contributed by atoms with E-state index in [1.165, 1.54) is 34.9 Å². The molecule has 3 rings (SSSR count). The monoisotopic (exact) mass is 486 g/mol. The van der Waals surface area contributed by atoms with Crippen LogP contribution in [0.3, 0.4) is 0 Å². The predicted molar refractivity (Wildman–Crippen MR) is 138 cm³/mol. The zero-order chi connectivity index (χ0) is 26.0. The molecule has 2 N–H and O–H groups in total. The summed E-state index contributed by atoms with van der Waals surface area (Å²) < 4.78 is 36.9. The van der Waals surface area contributed by atoms with Crippen molar-refractivity contribution in [3.05, 3.63) is 76.0 Å². The summed E-state index contributed by atoms with van der Waals surface area (Å²) in [5.74, 6) is 0.461. The molecule has 0 spiro atoms. The van der Waals surface area contributed by atoms with Crippen LogP contribution in [0.4, 0.5) is 18.9 Å². The van der Waals surface area contributed by atoms with Gasteiger partial charge in [-0.1, -0.05) is 37.6 Å². The van der Waals surface area contributed by atoms with Crippen molar-refractivity contribution in [3.63, 3.8) is 0 Å². The van der Waals surface area contributed by atoms with E-state index < -0.39 is 17.5 Å². The molecule has 0 aromatic heterocycles. The van der Waals surface area contributed by atoms with Crippen molar-refractivity contribution in [2.75, 3.05) is 18.4 Å². The summed E-state index contributed by atoms with van der Waals surface area (Å²) in [7, 11) is 0. The molecule has 0 saturated heterocycles. The van der Waals surface area contributed by atoms with Gasteiger partial charge >= 0.3 is 6.18 Å². The van der Waals surface area contributed by atoms with Crippen LogP contribution in [0.25, 0.3) is 0 Å². The topological polar surface area (TPSA) is 65.8 Å². The van der Waals surface area contributed by atoms with Crippen LogP contribution in [0.1, 0.15) is 59.3 Å². The van der Waals surface area contributed by atoms with E-state index in [9.17, 15) is 18.0 Å². The minimum Gasteiger partial charge on any atom is -0.356 e. The van der Waals surface area contributed by atoms with Gasteiger partial charge in [0.05, 0.1) is 5.56 Å². The minimum absolute atomic E-state index is 0.116. The molecule has 2 aromatic carbocycles. The molecule has 0 amide bonds. The molecule has 0 fully saturated rings. The Hall–Kier alpha value is -3.42. The highest BCUT2D eigenvalue weighted by Crippen LogP contribution is 2.29. The molecule has 0 aliphatic carbocycles. The number of carbonyl (C=O) groups is 1. The highest BCUT2D eigenvalue weighted by atomic mass is 19.4. The van der Waals surface area contributed by atoms with Gasteiger partial charge in [0.15, 0.2) is 5.96 Å². The SMILES string of the molecule is C=N/C(=C\C)C(=O)c1ccc(C(F)(F)F)cc1.CCCc1cc(C)c(NC2=NCCCN2)cc1C. The molecule has 5 nitrogen and oxygen atoms in total. The maximum Gasteiger partial charge on any atom is 0.416 e. The van der Waals surface area contributed by atoms with E-state index in [1.807, 2.05) is 0 Å². The summed E-state index contributed by atoms with van der Waals surface area (Å²) in [5, 5.41) is 6.69. The molecular weight excluding hydrogens is 453 g/mol. The van der Waals surface area contributed by atoms with Crippen molar-refractivity contribution >= 4 is 24.1 Å². The van der Waals surface area contributed by atoms with Gasteiger partial charge in [-0.15, -0.1) is 0 Å². The standard InChI is InChI=1S/C15H23N3.C12H10F3NO/c1-4-6-13-9-12(3)14(10-11(13)2)18-15-16-7-5-8-17-15;1-3-10(16-2)11(17)8-4-6-9(7-5-8)12(13,14)15/h9-10H,4-8H2,1-3H3,(H2,16,17,18);3-7H,2H2,1H3/b;10-3-. The maximum absolute atomic E-state index is 12.3. The number of aliphatic imine (C=N–C) groups is 2. The summed E-state index contributed by atoms with van der Waals surface area (Å²) in [4.78, 5) is 19.6. The third kappa shape index (κ3) is 8.09. The largest absolute Gasteiger partial charge is 0.416 e. The van der Waals surface area contributed by atoms with E-state index in [-0.39, 0.29) is 11.3 Å². The van der Waals surface area contributed by atoms with Crippen molar-refractivity contribution in [3.8, 4) is 0 Å². The molecule has 1 aliphatic rings. The van der Waals surface area contributed by atoms with Gasteiger partial charge in [0.1, 0.15) is 5.70 Å². The van der Waals surface area contributed by atoms with Crippen molar-refractivity contribution in [2.24, 2.45) is 9.98 Å². The van der Waals surface area contributed by atoms with Crippen LogP contribution < -0.4 is 10.6 Å². The molecule has 35 heavy (non-hydrogen) atoms. The van der Waals surface area contributed by atoms with Crippen molar-refractivity contribution < 1.29 is 18.0 Å². The average Bonchev–Trinajstić information content (AvgIpc) is 2.84. The number of aryl methyl sites for hydroxylation is 3. The number of nitrogens with one attached hydrogen (secondary N) is 2. The lowest BCUT2D eigenvalue weighted by Crippen LogP contribution is -2.35. The zero-order valence-electron chi connectivity index (χ0n) is 20.7.